The van der Waals surface area contributed by atoms with Gasteiger partial charge in [-0.25, -0.2) is 0 Å². The van der Waals surface area contributed by atoms with Gasteiger partial charge in [-0.2, -0.15) is 13.2 Å². The van der Waals surface area contributed by atoms with Gasteiger partial charge in [-0.1, -0.05) is 30.3 Å². The molecule has 1 aliphatic heterocycles. The summed E-state index contributed by atoms with van der Waals surface area (Å²) in [5.41, 5.74) is 0.202. The number of rotatable bonds is 5. The minimum atomic E-state index is -4.65. The van der Waals surface area contributed by atoms with Gasteiger partial charge in [0.1, 0.15) is 11.5 Å². The molecule has 1 atom stereocenters. The second-order valence-corrected chi connectivity index (χ2v) is 8.44. The molecule has 3 aromatic rings. The fourth-order valence-electron chi connectivity index (χ4n) is 4.13. The van der Waals surface area contributed by atoms with Crippen molar-refractivity contribution in [2.45, 2.75) is 12.2 Å². The minimum absolute atomic E-state index is 0.113. The number of aliphatic hydroxyl groups is 1. The van der Waals surface area contributed by atoms with Crippen molar-refractivity contribution in [1.29, 1.82) is 0 Å². The molecule has 9 heteroatoms. The largest absolute Gasteiger partial charge is 0.507 e. The van der Waals surface area contributed by atoms with Gasteiger partial charge in [0.2, 0.25) is 0 Å². The van der Waals surface area contributed by atoms with Crippen molar-refractivity contribution >= 4 is 28.8 Å². The van der Waals surface area contributed by atoms with Crippen molar-refractivity contribution in [3.05, 3.63) is 95.1 Å². The van der Waals surface area contributed by atoms with E-state index in [1.807, 2.05) is 19.0 Å². The molecule has 0 bridgehead atoms. The first kappa shape index (κ1) is 24.8. The van der Waals surface area contributed by atoms with E-state index < -0.39 is 35.2 Å². The number of ether oxygens (including phenoxy) is 1. The molecule has 0 spiro atoms. The van der Waals surface area contributed by atoms with Crippen LogP contribution in [0.2, 0.25) is 0 Å². The number of aliphatic hydroxyl groups excluding tert-OH is 1. The highest BCUT2D eigenvalue weighted by atomic mass is 19.4. The third-order valence-corrected chi connectivity index (χ3v) is 5.96. The number of carbonyl (C=O) groups is 2. The number of hydrogen-bond donors (Lipinski definition) is 1. The summed E-state index contributed by atoms with van der Waals surface area (Å²) in [5.74, 6) is -2.09. The Balaban J connectivity index is 1.94. The van der Waals surface area contributed by atoms with Crippen molar-refractivity contribution in [1.82, 2.24) is 0 Å². The van der Waals surface area contributed by atoms with Gasteiger partial charge in [0.15, 0.2) is 0 Å². The number of methoxy groups -OCH3 is 1. The van der Waals surface area contributed by atoms with Crippen LogP contribution in [0.4, 0.5) is 24.5 Å². The van der Waals surface area contributed by atoms with E-state index in [-0.39, 0.29) is 16.8 Å². The van der Waals surface area contributed by atoms with Crippen LogP contribution < -0.4 is 14.5 Å². The van der Waals surface area contributed by atoms with Crippen molar-refractivity contribution in [3.63, 3.8) is 0 Å². The number of alkyl halides is 3. The molecular weight excluding hydrogens is 473 g/mol. The van der Waals surface area contributed by atoms with E-state index in [1.54, 1.807) is 42.5 Å². The topological polar surface area (TPSA) is 70.1 Å². The van der Waals surface area contributed by atoms with Crippen LogP contribution in [0.15, 0.2) is 78.4 Å². The summed E-state index contributed by atoms with van der Waals surface area (Å²) in [6, 6.07) is 16.2. The van der Waals surface area contributed by atoms with Gasteiger partial charge in [-0.3, -0.25) is 14.5 Å². The van der Waals surface area contributed by atoms with Gasteiger partial charge in [-0.15, -0.1) is 0 Å². The highest BCUT2D eigenvalue weighted by molar-refractivity contribution is 6.51. The van der Waals surface area contributed by atoms with Gasteiger partial charge in [0.05, 0.1) is 24.3 Å². The Labute approximate surface area is 205 Å². The van der Waals surface area contributed by atoms with E-state index in [1.165, 1.54) is 25.3 Å². The van der Waals surface area contributed by atoms with Crippen molar-refractivity contribution in [3.8, 4) is 5.75 Å². The zero-order valence-electron chi connectivity index (χ0n) is 19.7. The highest BCUT2D eigenvalue weighted by Gasteiger charge is 2.47. The van der Waals surface area contributed by atoms with E-state index in [9.17, 15) is 27.9 Å². The molecule has 1 heterocycles. The number of Topliss-reactive ketones (excluding diaryl/α,β-unsaturated/α-hetero) is 1. The molecule has 0 saturated carbocycles. The molecule has 1 N–H and O–H groups in total. The molecule has 0 radical (unpaired) electrons. The highest BCUT2D eigenvalue weighted by Crippen LogP contribution is 2.43. The summed E-state index contributed by atoms with van der Waals surface area (Å²) >= 11 is 0. The first-order valence-electron chi connectivity index (χ1n) is 10.9. The van der Waals surface area contributed by atoms with Crippen molar-refractivity contribution in [2.24, 2.45) is 0 Å². The van der Waals surface area contributed by atoms with E-state index in [2.05, 4.69) is 0 Å². The van der Waals surface area contributed by atoms with Crippen LogP contribution in [-0.2, 0) is 15.8 Å². The standard InChI is InChI=1S/C27H23F3N2O4/c1-31(2)19-12-10-16(11-13-19)23-22(24(33)17-6-4-9-21(14-17)36-3)25(34)26(35)32(23)20-8-5-7-18(15-20)27(28,29)30/h4-15,23,33H,1-3H3/b24-22+. The smallest absolute Gasteiger partial charge is 0.416 e. The van der Waals surface area contributed by atoms with Gasteiger partial charge in [0.25, 0.3) is 11.7 Å². The number of benzene rings is 3. The number of anilines is 2. The Morgan fingerprint density at radius 3 is 2.25 bits per heavy atom. The summed E-state index contributed by atoms with van der Waals surface area (Å²) in [4.78, 5) is 29.3. The Morgan fingerprint density at radius 1 is 0.972 bits per heavy atom. The minimum Gasteiger partial charge on any atom is -0.507 e. The quantitative estimate of drug-likeness (QED) is 0.291. The third-order valence-electron chi connectivity index (χ3n) is 5.96. The second kappa shape index (κ2) is 9.41. The molecule has 6 nitrogen and oxygen atoms in total. The lowest BCUT2D eigenvalue weighted by molar-refractivity contribution is -0.137. The van der Waals surface area contributed by atoms with Gasteiger partial charge in [0, 0.05) is 31.0 Å². The Hall–Kier alpha value is -4.27. The third kappa shape index (κ3) is 4.51. The first-order chi connectivity index (χ1) is 17.0. The van der Waals surface area contributed by atoms with Crippen LogP contribution >= 0.6 is 0 Å². The summed E-state index contributed by atoms with van der Waals surface area (Å²) in [7, 11) is 5.12. The Morgan fingerprint density at radius 2 is 1.64 bits per heavy atom. The molecular formula is C27H23F3N2O4. The molecule has 1 fully saturated rings. The number of halogens is 3. The molecule has 1 unspecified atom stereocenters. The normalized spacial score (nSPS) is 17.4. The molecule has 0 aromatic heterocycles. The maximum absolute atomic E-state index is 13.4. The number of nitrogens with zero attached hydrogens (tertiary/aromatic N) is 2. The number of hydrogen-bond acceptors (Lipinski definition) is 5. The van der Waals surface area contributed by atoms with Crippen LogP contribution in [0.25, 0.3) is 5.76 Å². The lowest BCUT2D eigenvalue weighted by Crippen LogP contribution is -2.29. The zero-order valence-corrected chi connectivity index (χ0v) is 19.7. The van der Waals surface area contributed by atoms with Crippen LogP contribution in [0.5, 0.6) is 5.75 Å². The molecule has 4 rings (SSSR count). The van der Waals surface area contributed by atoms with Crippen LogP contribution in [0.3, 0.4) is 0 Å². The maximum Gasteiger partial charge on any atom is 0.416 e. The van der Waals surface area contributed by atoms with Crippen molar-refractivity contribution < 1.29 is 32.6 Å². The Kier molecular flexibility index (Phi) is 6.49. The molecule has 36 heavy (non-hydrogen) atoms. The summed E-state index contributed by atoms with van der Waals surface area (Å²) in [6.45, 7) is 0. The van der Waals surface area contributed by atoms with Gasteiger partial charge < -0.3 is 14.7 Å². The average molecular weight is 496 g/mol. The lowest BCUT2D eigenvalue weighted by Gasteiger charge is -2.26. The summed E-state index contributed by atoms with van der Waals surface area (Å²) in [5, 5.41) is 11.2. The number of carbonyl (C=O) groups excluding carboxylic acids is 2. The van der Waals surface area contributed by atoms with Crippen LogP contribution in [-0.4, -0.2) is 38.0 Å². The molecule has 3 aromatic carbocycles. The Bertz CT molecular complexity index is 1350. The predicted octanol–water partition coefficient (Wildman–Crippen LogP) is 5.41. The first-order valence-corrected chi connectivity index (χ1v) is 10.9. The molecule has 1 saturated heterocycles. The monoisotopic (exact) mass is 496 g/mol. The molecule has 0 aliphatic carbocycles. The fourth-order valence-corrected chi connectivity index (χ4v) is 4.13. The summed E-state index contributed by atoms with van der Waals surface area (Å²) in [6.07, 6.45) is -4.65. The lowest BCUT2D eigenvalue weighted by atomic mass is 9.94. The number of amides is 1. The van der Waals surface area contributed by atoms with Crippen LogP contribution in [0.1, 0.15) is 22.7 Å². The second-order valence-electron chi connectivity index (χ2n) is 8.44. The SMILES string of the molecule is COc1cccc(/C(O)=C2\C(=O)C(=O)N(c3cccc(C(F)(F)F)c3)C2c2ccc(N(C)C)cc2)c1. The van der Waals surface area contributed by atoms with Crippen molar-refractivity contribution in [2.75, 3.05) is 31.0 Å². The molecule has 1 amide bonds. The maximum atomic E-state index is 13.4. The molecule has 1 aliphatic rings. The van der Waals surface area contributed by atoms with Gasteiger partial charge >= 0.3 is 6.18 Å². The zero-order chi connectivity index (χ0) is 26.2. The summed E-state index contributed by atoms with van der Waals surface area (Å²) < 4.78 is 45.5. The fraction of sp³-hybridized carbons (Fsp3) is 0.185. The van der Waals surface area contributed by atoms with E-state index in [0.717, 1.165) is 22.7 Å². The average Bonchev–Trinajstić information content (AvgIpc) is 3.13. The van der Waals surface area contributed by atoms with E-state index in [4.69, 9.17) is 4.74 Å². The van der Waals surface area contributed by atoms with Gasteiger partial charge in [-0.05, 0) is 48.0 Å². The predicted molar refractivity (Wildman–Crippen MR) is 130 cm³/mol. The van der Waals surface area contributed by atoms with Crippen LogP contribution in [0, 0.1) is 0 Å². The van der Waals surface area contributed by atoms with E-state index >= 15 is 0 Å². The van der Waals surface area contributed by atoms with E-state index in [0.29, 0.717) is 11.3 Å². The molecule has 186 valence electrons. The number of ketones is 1.